The topological polar surface area (TPSA) is 88.8 Å². The summed E-state index contributed by atoms with van der Waals surface area (Å²) < 4.78 is 4.47. The highest BCUT2D eigenvalue weighted by atomic mass is 79.9. The van der Waals surface area contributed by atoms with Crippen molar-refractivity contribution in [2.24, 2.45) is 21.7 Å². The zero-order valence-electron chi connectivity index (χ0n) is 20.6. The zero-order valence-corrected chi connectivity index (χ0v) is 22.2. The molecule has 1 heterocycles. The van der Waals surface area contributed by atoms with Crippen molar-refractivity contribution in [1.29, 1.82) is 0 Å². The van der Waals surface area contributed by atoms with Gasteiger partial charge in [0.15, 0.2) is 0 Å². The van der Waals surface area contributed by atoms with E-state index in [2.05, 4.69) is 62.6 Å². The fraction of sp³-hybridized carbons (Fsp3) is 0.640. The van der Waals surface area contributed by atoms with Gasteiger partial charge < -0.3 is 33.3 Å². The Morgan fingerprint density at radius 3 is 2.09 bits per heavy atom. The molecule has 2 rings (SSSR count). The second-order valence-electron chi connectivity index (χ2n) is 8.39. The largest absolute Gasteiger partial charge is 1.00 e. The van der Waals surface area contributed by atoms with Gasteiger partial charge in [0.2, 0.25) is 0 Å². The second kappa shape index (κ2) is 17.7. The Morgan fingerprint density at radius 2 is 1.48 bits per heavy atom. The van der Waals surface area contributed by atoms with Crippen LogP contribution in [-0.2, 0) is 13.1 Å². The van der Waals surface area contributed by atoms with Crippen LogP contribution in [-0.4, -0.2) is 30.7 Å². The summed E-state index contributed by atoms with van der Waals surface area (Å²) in [6.07, 6.45) is 13.5. The van der Waals surface area contributed by atoms with E-state index >= 15 is 0 Å². The average molecular weight is 523 g/mol. The summed E-state index contributed by atoms with van der Waals surface area (Å²) in [7, 11) is 0. The SMILES string of the molecule is CCCCCn1cc[n+](CCCCC)c1N=Nc1ccc(N(CCCN)CCCN)cc1.[Br-]. The van der Waals surface area contributed by atoms with E-state index in [1.54, 1.807) is 0 Å². The molecule has 0 spiro atoms. The lowest BCUT2D eigenvalue weighted by molar-refractivity contribution is -0.684. The summed E-state index contributed by atoms with van der Waals surface area (Å²) in [6.45, 7) is 9.72. The van der Waals surface area contributed by atoms with Crippen molar-refractivity contribution >= 4 is 17.3 Å². The molecule has 7 nitrogen and oxygen atoms in total. The number of azo groups is 1. The maximum Gasteiger partial charge on any atom is 0.421 e. The summed E-state index contributed by atoms with van der Waals surface area (Å²) in [5, 5.41) is 9.25. The first-order valence-corrected chi connectivity index (χ1v) is 12.5. The molecule has 1 aromatic heterocycles. The van der Waals surface area contributed by atoms with Gasteiger partial charge in [-0.25, -0.2) is 9.13 Å². The molecule has 0 saturated heterocycles. The third-order valence-corrected chi connectivity index (χ3v) is 5.68. The highest BCUT2D eigenvalue weighted by molar-refractivity contribution is 5.52. The van der Waals surface area contributed by atoms with Crippen molar-refractivity contribution in [2.75, 3.05) is 31.1 Å². The summed E-state index contributed by atoms with van der Waals surface area (Å²) in [6, 6.07) is 8.33. The maximum atomic E-state index is 5.71. The number of aromatic nitrogens is 2. The fourth-order valence-electron chi connectivity index (χ4n) is 3.75. The normalized spacial score (nSPS) is 11.2. The monoisotopic (exact) mass is 521 g/mol. The van der Waals surface area contributed by atoms with Crippen molar-refractivity contribution < 1.29 is 21.5 Å². The van der Waals surface area contributed by atoms with E-state index in [9.17, 15) is 0 Å². The van der Waals surface area contributed by atoms with E-state index in [-0.39, 0.29) is 17.0 Å². The summed E-state index contributed by atoms with van der Waals surface area (Å²) in [5.74, 6) is 0.939. The fourth-order valence-corrected chi connectivity index (χ4v) is 3.75. The molecule has 1 aromatic carbocycles. The van der Waals surface area contributed by atoms with Crippen LogP contribution < -0.4 is 37.9 Å². The molecule has 0 aliphatic rings. The molecule has 0 bridgehead atoms. The molecule has 2 aromatic rings. The average Bonchev–Trinajstić information content (AvgIpc) is 3.20. The van der Waals surface area contributed by atoms with Crippen molar-refractivity contribution in [3.8, 4) is 0 Å². The molecular formula is C25H44BrN7. The number of rotatable bonds is 17. The van der Waals surface area contributed by atoms with Gasteiger partial charge in [-0.3, -0.25) is 0 Å². The van der Waals surface area contributed by atoms with Gasteiger partial charge in [0.05, 0.1) is 25.5 Å². The molecule has 0 saturated carbocycles. The van der Waals surface area contributed by atoms with Crippen molar-refractivity contribution in [2.45, 2.75) is 78.3 Å². The quantitative estimate of drug-likeness (QED) is 0.189. The number of aryl methyl sites for hydroxylation is 2. The maximum absolute atomic E-state index is 5.71. The predicted octanol–water partition coefficient (Wildman–Crippen LogP) is 2.08. The van der Waals surface area contributed by atoms with Gasteiger partial charge in [-0.05, 0) is 63.0 Å². The highest BCUT2D eigenvalue weighted by Gasteiger charge is 2.17. The molecule has 0 fully saturated rings. The van der Waals surface area contributed by atoms with Crippen LogP contribution in [0.1, 0.15) is 65.2 Å². The van der Waals surface area contributed by atoms with Gasteiger partial charge in [0, 0.05) is 23.9 Å². The minimum Gasteiger partial charge on any atom is -1.00 e. The van der Waals surface area contributed by atoms with Crippen molar-refractivity contribution in [3.05, 3.63) is 36.7 Å². The van der Waals surface area contributed by atoms with E-state index in [0.717, 1.165) is 50.7 Å². The van der Waals surface area contributed by atoms with E-state index in [1.807, 2.05) is 12.1 Å². The summed E-state index contributed by atoms with van der Waals surface area (Å²) in [4.78, 5) is 2.35. The molecule has 8 heteroatoms. The summed E-state index contributed by atoms with van der Waals surface area (Å²) >= 11 is 0. The highest BCUT2D eigenvalue weighted by Crippen LogP contribution is 2.22. The second-order valence-corrected chi connectivity index (χ2v) is 8.39. The number of halogens is 1. The Balaban J connectivity index is 0.00000544. The molecule has 0 unspecified atom stereocenters. The van der Waals surface area contributed by atoms with E-state index in [0.29, 0.717) is 13.1 Å². The molecular weight excluding hydrogens is 478 g/mol. The predicted molar refractivity (Wildman–Crippen MR) is 134 cm³/mol. The number of hydrogen-bond donors (Lipinski definition) is 2. The van der Waals surface area contributed by atoms with E-state index in [1.165, 1.54) is 44.2 Å². The van der Waals surface area contributed by atoms with Gasteiger partial charge in [0.25, 0.3) is 0 Å². The number of unbranched alkanes of at least 4 members (excludes halogenated alkanes) is 4. The molecule has 0 atom stereocenters. The zero-order chi connectivity index (χ0) is 23.0. The Bertz CT molecular complexity index is 738. The Morgan fingerprint density at radius 1 is 0.848 bits per heavy atom. The number of benzene rings is 1. The van der Waals surface area contributed by atoms with Crippen LogP contribution in [0.5, 0.6) is 0 Å². The third kappa shape index (κ3) is 10.4. The third-order valence-electron chi connectivity index (χ3n) is 5.68. The van der Waals surface area contributed by atoms with Gasteiger partial charge in [-0.2, -0.15) is 0 Å². The lowest BCUT2D eigenvalue weighted by Gasteiger charge is -2.24. The minimum absolute atomic E-state index is 0. The van der Waals surface area contributed by atoms with Crippen LogP contribution in [0, 0.1) is 0 Å². The van der Waals surface area contributed by atoms with E-state index in [4.69, 9.17) is 11.5 Å². The van der Waals surface area contributed by atoms with Crippen molar-refractivity contribution in [1.82, 2.24) is 4.57 Å². The van der Waals surface area contributed by atoms with Gasteiger partial charge >= 0.3 is 5.95 Å². The minimum atomic E-state index is 0. The number of hydrogen-bond acceptors (Lipinski definition) is 5. The first-order valence-electron chi connectivity index (χ1n) is 12.5. The molecule has 0 amide bonds. The first-order chi connectivity index (χ1) is 15.7. The molecule has 4 N–H and O–H groups in total. The number of nitrogens with zero attached hydrogens (tertiary/aromatic N) is 5. The van der Waals surface area contributed by atoms with Crippen LogP contribution in [0.3, 0.4) is 0 Å². The smallest absolute Gasteiger partial charge is 0.421 e. The molecule has 0 aliphatic carbocycles. The Hall–Kier alpha value is -1.77. The lowest BCUT2D eigenvalue weighted by atomic mass is 10.2. The number of anilines is 1. The lowest BCUT2D eigenvalue weighted by Crippen LogP contribution is -3.00. The molecule has 186 valence electrons. The summed E-state index contributed by atoms with van der Waals surface area (Å²) in [5.41, 5.74) is 13.5. The standard InChI is InChI=1S/C25H44N7.BrH/c1-3-5-7-17-31-21-22-32(18-8-6-4-2)25(31)29-28-23-11-13-24(14-12-23)30(19-9-15-26)20-10-16-27;/h11-14,21-22H,3-10,15-20,26-27H2,1-2H3;1H/q+1;/p-1. The van der Waals surface area contributed by atoms with E-state index < -0.39 is 0 Å². The Kier molecular flexibility index (Phi) is 15.7. The van der Waals surface area contributed by atoms with Gasteiger partial charge in [0.1, 0.15) is 5.69 Å². The molecule has 0 radical (unpaired) electrons. The van der Waals surface area contributed by atoms with Crippen LogP contribution in [0.15, 0.2) is 46.9 Å². The number of imidazole rings is 1. The number of nitrogens with two attached hydrogens (primary N) is 2. The van der Waals surface area contributed by atoms with Crippen LogP contribution in [0.4, 0.5) is 17.3 Å². The van der Waals surface area contributed by atoms with Crippen molar-refractivity contribution in [3.63, 3.8) is 0 Å². The first kappa shape index (κ1) is 29.3. The Labute approximate surface area is 211 Å². The van der Waals surface area contributed by atoms with Gasteiger partial charge in [-0.15, -0.1) is 0 Å². The molecule has 33 heavy (non-hydrogen) atoms. The van der Waals surface area contributed by atoms with Crippen LogP contribution in [0.25, 0.3) is 0 Å². The van der Waals surface area contributed by atoms with Crippen LogP contribution >= 0.6 is 0 Å². The van der Waals surface area contributed by atoms with Gasteiger partial charge in [-0.1, -0.05) is 44.6 Å². The molecule has 0 aliphatic heterocycles. The van der Waals surface area contributed by atoms with Crippen LogP contribution in [0.2, 0.25) is 0 Å².